The summed E-state index contributed by atoms with van der Waals surface area (Å²) in [5.74, 6) is 0.404. The van der Waals surface area contributed by atoms with Crippen LogP contribution in [0.1, 0.15) is 21.5 Å². The summed E-state index contributed by atoms with van der Waals surface area (Å²) in [6.07, 6.45) is 0.668. The van der Waals surface area contributed by atoms with Crippen LogP contribution in [0.25, 0.3) is 0 Å². The van der Waals surface area contributed by atoms with Crippen molar-refractivity contribution in [2.24, 2.45) is 0 Å². The van der Waals surface area contributed by atoms with Crippen molar-refractivity contribution in [2.45, 2.75) is 17.6 Å². The van der Waals surface area contributed by atoms with Gasteiger partial charge in [-0.15, -0.1) is 11.8 Å². The molecular formula is C15H13FOS. The number of benzene rings is 2. The van der Waals surface area contributed by atoms with E-state index in [9.17, 15) is 9.18 Å². The minimum Gasteiger partial charge on any atom is -0.298 e. The summed E-state index contributed by atoms with van der Waals surface area (Å²) in [4.78, 5) is 11.4. The molecule has 18 heavy (non-hydrogen) atoms. The van der Waals surface area contributed by atoms with Gasteiger partial charge < -0.3 is 0 Å². The standard InChI is InChI=1S/C15H13FOS/c1-11-4-2-3-5-13(11)10-18-15-7-12(9-17)6-14(16)8-15/h2-9H,10H2,1H3. The lowest BCUT2D eigenvalue weighted by Crippen LogP contribution is -1.88. The van der Waals surface area contributed by atoms with Crippen molar-refractivity contribution in [1.82, 2.24) is 0 Å². The molecule has 0 saturated heterocycles. The van der Waals surface area contributed by atoms with Gasteiger partial charge in [0.1, 0.15) is 12.1 Å². The molecule has 0 aliphatic heterocycles. The second-order valence-corrected chi connectivity index (χ2v) is 5.10. The van der Waals surface area contributed by atoms with E-state index < -0.39 is 0 Å². The first kappa shape index (κ1) is 12.8. The molecule has 2 aromatic carbocycles. The second-order valence-electron chi connectivity index (χ2n) is 4.05. The molecule has 0 fully saturated rings. The molecule has 0 amide bonds. The predicted octanol–water partition coefficient (Wildman–Crippen LogP) is 4.24. The summed E-state index contributed by atoms with van der Waals surface area (Å²) in [6, 6.07) is 12.5. The lowest BCUT2D eigenvalue weighted by atomic mass is 10.1. The number of rotatable bonds is 4. The van der Waals surface area contributed by atoms with E-state index >= 15 is 0 Å². The van der Waals surface area contributed by atoms with E-state index in [1.165, 1.54) is 35.0 Å². The fourth-order valence-corrected chi connectivity index (χ4v) is 2.73. The Labute approximate surface area is 110 Å². The van der Waals surface area contributed by atoms with Crippen LogP contribution in [0.4, 0.5) is 4.39 Å². The third-order valence-corrected chi connectivity index (χ3v) is 3.71. The van der Waals surface area contributed by atoms with Gasteiger partial charge in [-0.1, -0.05) is 24.3 Å². The highest BCUT2D eigenvalue weighted by atomic mass is 32.2. The third-order valence-electron chi connectivity index (χ3n) is 2.69. The van der Waals surface area contributed by atoms with Crippen molar-refractivity contribution < 1.29 is 9.18 Å². The maximum atomic E-state index is 13.2. The Bertz CT molecular complexity index is 566. The molecule has 0 saturated carbocycles. The van der Waals surface area contributed by atoms with Crippen molar-refractivity contribution in [3.63, 3.8) is 0 Å². The molecule has 0 N–H and O–H groups in total. The van der Waals surface area contributed by atoms with Crippen molar-refractivity contribution in [1.29, 1.82) is 0 Å². The lowest BCUT2D eigenvalue weighted by molar-refractivity contribution is 0.112. The zero-order valence-corrected chi connectivity index (χ0v) is 10.8. The maximum absolute atomic E-state index is 13.2. The Morgan fingerprint density at radius 1 is 1.22 bits per heavy atom. The molecule has 0 bridgehead atoms. The van der Waals surface area contributed by atoms with Gasteiger partial charge in [-0.3, -0.25) is 4.79 Å². The molecule has 0 radical (unpaired) electrons. The Morgan fingerprint density at radius 3 is 2.72 bits per heavy atom. The fraction of sp³-hybridized carbons (Fsp3) is 0.133. The summed E-state index contributed by atoms with van der Waals surface area (Å²) >= 11 is 1.53. The molecule has 0 aliphatic carbocycles. The van der Waals surface area contributed by atoms with E-state index in [1.807, 2.05) is 12.1 Å². The van der Waals surface area contributed by atoms with Gasteiger partial charge in [0.25, 0.3) is 0 Å². The summed E-state index contributed by atoms with van der Waals surface area (Å²) < 4.78 is 13.2. The Hall–Kier alpha value is -1.61. The van der Waals surface area contributed by atoms with Gasteiger partial charge in [-0.25, -0.2) is 4.39 Å². The van der Waals surface area contributed by atoms with Crippen LogP contribution < -0.4 is 0 Å². The van der Waals surface area contributed by atoms with Crippen molar-refractivity contribution >= 4 is 18.0 Å². The molecule has 0 aromatic heterocycles. The fourth-order valence-electron chi connectivity index (χ4n) is 1.67. The van der Waals surface area contributed by atoms with Gasteiger partial charge in [-0.2, -0.15) is 0 Å². The van der Waals surface area contributed by atoms with Crippen molar-refractivity contribution in [3.05, 3.63) is 65.0 Å². The highest BCUT2D eigenvalue weighted by molar-refractivity contribution is 7.98. The largest absolute Gasteiger partial charge is 0.298 e. The van der Waals surface area contributed by atoms with Crippen LogP contribution in [0.5, 0.6) is 0 Å². The maximum Gasteiger partial charge on any atom is 0.150 e. The van der Waals surface area contributed by atoms with Crippen LogP contribution in [0.2, 0.25) is 0 Å². The summed E-state index contributed by atoms with van der Waals surface area (Å²) in [5.41, 5.74) is 2.82. The Kier molecular flexibility index (Phi) is 4.15. The number of carbonyl (C=O) groups is 1. The number of aldehydes is 1. The first-order valence-corrected chi connectivity index (χ1v) is 6.60. The zero-order valence-electron chi connectivity index (χ0n) is 10.0. The molecule has 0 aliphatic rings. The van der Waals surface area contributed by atoms with Gasteiger partial charge in [-0.05, 0) is 36.2 Å². The number of carbonyl (C=O) groups excluding carboxylic acids is 1. The molecule has 0 spiro atoms. The lowest BCUT2D eigenvalue weighted by Gasteiger charge is -2.06. The topological polar surface area (TPSA) is 17.1 Å². The van der Waals surface area contributed by atoms with Gasteiger partial charge in [0, 0.05) is 16.2 Å². The van der Waals surface area contributed by atoms with E-state index in [-0.39, 0.29) is 5.82 Å². The van der Waals surface area contributed by atoms with Crippen molar-refractivity contribution in [2.75, 3.05) is 0 Å². The van der Waals surface area contributed by atoms with Gasteiger partial charge in [0.15, 0.2) is 0 Å². The van der Waals surface area contributed by atoms with E-state index in [0.29, 0.717) is 11.8 Å². The van der Waals surface area contributed by atoms with Crippen LogP contribution in [-0.4, -0.2) is 6.29 Å². The predicted molar refractivity (Wildman–Crippen MR) is 72.5 cm³/mol. The zero-order chi connectivity index (χ0) is 13.0. The second kappa shape index (κ2) is 5.83. The Balaban J connectivity index is 2.13. The van der Waals surface area contributed by atoms with Crippen LogP contribution in [0.3, 0.4) is 0 Å². The van der Waals surface area contributed by atoms with E-state index in [4.69, 9.17) is 0 Å². The molecule has 92 valence electrons. The quantitative estimate of drug-likeness (QED) is 0.604. The van der Waals surface area contributed by atoms with E-state index in [1.54, 1.807) is 6.07 Å². The SMILES string of the molecule is Cc1ccccc1CSc1cc(F)cc(C=O)c1. The highest BCUT2D eigenvalue weighted by Gasteiger charge is 2.03. The molecule has 2 aromatic rings. The molecule has 3 heteroatoms. The van der Waals surface area contributed by atoms with E-state index in [2.05, 4.69) is 19.1 Å². The van der Waals surface area contributed by atoms with Gasteiger partial charge in [0.2, 0.25) is 0 Å². The minimum absolute atomic E-state index is 0.369. The number of aryl methyl sites for hydroxylation is 1. The van der Waals surface area contributed by atoms with Gasteiger partial charge >= 0.3 is 0 Å². The Morgan fingerprint density at radius 2 is 2.00 bits per heavy atom. The van der Waals surface area contributed by atoms with Gasteiger partial charge in [0.05, 0.1) is 0 Å². The first-order valence-electron chi connectivity index (χ1n) is 5.62. The average molecular weight is 260 g/mol. The molecular weight excluding hydrogens is 247 g/mol. The average Bonchev–Trinajstić information content (AvgIpc) is 2.37. The van der Waals surface area contributed by atoms with Crippen LogP contribution in [0.15, 0.2) is 47.4 Å². The monoisotopic (exact) mass is 260 g/mol. The number of hydrogen-bond acceptors (Lipinski definition) is 2. The number of halogens is 1. The molecule has 0 unspecified atom stereocenters. The van der Waals surface area contributed by atoms with Crippen molar-refractivity contribution in [3.8, 4) is 0 Å². The van der Waals surface area contributed by atoms with E-state index in [0.717, 1.165) is 10.6 Å². The van der Waals surface area contributed by atoms with Crippen LogP contribution >= 0.6 is 11.8 Å². The highest BCUT2D eigenvalue weighted by Crippen LogP contribution is 2.25. The molecule has 1 nitrogen and oxygen atoms in total. The van der Waals surface area contributed by atoms with Crippen LogP contribution in [-0.2, 0) is 5.75 Å². The summed E-state index contributed by atoms with van der Waals surface area (Å²) in [7, 11) is 0. The molecule has 0 heterocycles. The smallest absolute Gasteiger partial charge is 0.150 e. The third kappa shape index (κ3) is 3.20. The molecule has 0 atom stereocenters. The number of thioether (sulfide) groups is 1. The molecule has 2 rings (SSSR count). The van der Waals surface area contributed by atoms with Crippen LogP contribution in [0, 0.1) is 12.7 Å². The number of hydrogen-bond donors (Lipinski definition) is 0. The minimum atomic E-state index is -0.369. The normalized spacial score (nSPS) is 10.3. The summed E-state index contributed by atoms with van der Waals surface area (Å²) in [5, 5.41) is 0. The first-order chi connectivity index (χ1) is 8.69. The summed E-state index contributed by atoms with van der Waals surface area (Å²) in [6.45, 7) is 2.05.